The largest absolute Gasteiger partial charge is 0.397 e. The predicted molar refractivity (Wildman–Crippen MR) is 251 cm³/mol. The van der Waals surface area contributed by atoms with E-state index in [4.69, 9.17) is 9.47 Å². The van der Waals surface area contributed by atoms with Crippen LogP contribution in [0.15, 0.2) is 36.5 Å². The minimum atomic E-state index is -5.12. The Balaban J connectivity index is 2.58. The van der Waals surface area contributed by atoms with Gasteiger partial charge < -0.3 is 40.3 Å². The molecule has 0 radical (unpaired) electrons. The van der Waals surface area contributed by atoms with Gasteiger partial charge >= 0.3 is 10.4 Å². The van der Waals surface area contributed by atoms with Crippen LogP contribution in [-0.4, -0.2) is 107 Å². The van der Waals surface area contributed by atoms with E-state index >= 15 is 0 Å². The highest BCUT2D eigenvalue weighted by Crippen LogP contribution is 2.26. The van der Waals surface area contributed by atoms with E-state index in [9.17, 15) is 43.3 Å². The summed E-state index contributed by atoms with van der Waals surface area (Å²) in [6.07, 6.45) is 35.1. The third-order valence-corrected chi connectivity index (χ3v) is 12.2. The first-order valence-electron chi connectivity index (χ1n) is 25.0. The molecular weight excluding hydrogens is 827 g/mol. The number of hydrogen-bond acceptors (Lipinski definition) is 11. The maximum Gasteiger partial charge on any atom is 0.397 e. The molecule has 0 aromatic heterocycles. The molecule has 1 heterocycles. The standard InChI is InChI=1S/C49H91NO12S/c1-3-5-7-9-11-13-15-17-19-21-22-24-25-27-29-31-33-35-37-42(52)41(40-60-49-46(55)47(62-63(57,58)59)45(54)44(39-51)61-49)50-48(56)43(53)38-36-34-32-30-28-26-23-20-18-16-14-12-10-8-6-4-2/h21-22,27,29,35,37,41-47,49,51-55H,3-20,23-26,28,30-34,36,38-40H2,1-2H3,(H,50,56)(H,57,58,59)/b22-21+,29-27+,37-35+. The van der Waals surface area contributed by atoms with Crippen molar-refractivity contribution in [1.29, 1.82) is 0 Å². The number of hydrogen-bond donors (Lipinski definition) is 7. The molecule has 1 fully saturated rings. The van der Waals surface area contributed by atoms with Gasteiger partial charge in [0.25, 0.3) is 0 Å². The van der Waals surface area contributed by atoms with Crippen molar-refractivity contribution in [2.45, 2.75) is 255 Å². The predicted octanol–water partition coefficient (Wildman–Crippen LogP) is 9.25. The van der Waals surface area contributed by atoms with Crippen LogP contribution in [0, 0.1) is 0 Å². The van der Waals surface area contributed by atoms with Crippen molar-refractivity contribution in [3.05, 3.63) is 36.5 Å². The smallest absolute Gasteiger partial charge is 0.394 e. The zero-order valence-electron chi connectivity index (χ0n) is 39.3. The fraction of sp³-hybridized carbons (Fsp3) is 0.857. The number of allylic oxidation sites excluding steroid dienone is 5. The van der Waals surface area contributed by atoms with E-state index in [2.05, 4.69) is 47.7 Å². The van der Waals surface area contributed by atoms with Gasteiger partial charge in [-0.25, -0.2) is 4.18 Å². The molecule has 14 heteroatoms. The Bertz CT molecular complexity index is 1280. The fourth-order valence-electron chi connectivity index (χ4n) is 7.79. The fourth-order valence-corrected chi connectivity index (χ4v) is 8.30. The Kier molecular flexibility index (Phi) is 37.1. The SMILES string of the molecule is CCCCCCCCCC/C=C/CC/C=C/CC/C=C/C(O)C(COC1OC(CO)C(O)C(OS(=O)(=O)O)C1O)NC(=O)C(O)CCCCCCCCCCCCCCCCCC. The average Bonchev–Trinajstić information content (AvgIpc) is 3.25. The Morgan fingerprint density at radius 1 is 0.635 bits per heavy atom. The molecule has 0 aliphatic carbocycles. The van der Waals surface area contributed by atoms with Crippen LogP contribution >= 0.6 is 0 Å². The van der Waals surface area contributed by atoms with E-state index in [0.29, 0.717) is 12.8 Å². The first-order chi connectivity index (χ1) is 30.4. The molecular formula is C49H91NO12S. The number of rotatable bonds is 42. The number of aliphatic hydroxyl groups excluding tert-OH is 5. The minimum Gasteiger partial charge on any atom is -0.394 e. The quantitative estimate of drug-likeness (QED) is 0.0174. The summed E-state index contributed by atoms with van der Waals surface area (Å²) in [5, 5.41) is 55.3. The van der Waals surface area contributed by atoms with Gasteiger partial charge in [0.2, 0.25) is 5.91 Å². The monoisotopic (exact) mass is 918 g/mol. The number of ether oxygens (including phenoxy) is 2. The second-order valence-electron chi connectivity index (χ2n) is 17.5. The highest BCUT2D eigenvalue weighted by atomic mass is 32.3. The summed E-state index contributed by atoms with van der Waals surface area (Å²) in [6.45, 7) is 3.20. The molecule has 13 nitrogen and oxygen atoms in total. The molecule has 1 amide bonds. The first-order valence-corrected chi connectivity index (χ1v) is 26.3. The van der Waals surface area contributed by atoms with Crippen molar-refractivity contribution in [3.63, 3.8) is 0 Å². The number of aliphatic hydroxyl groups is 5. The summed E-state index contributed by atoms with van der Waals surface area (Å²) < 4.78 is 47.6. The van der Waals surface area contributed by atoms with Crippen LogP contribution in [-0.2, 0) is 28.9 Å². The van der Waals surface area contributed by atoms with Crippen molar-refractivity contribution in [1.82, 2.24) is 5.32 Å². The zero-order valence-corrected chi connectivity index (χ0v) is 40.1. The van der Waals surface area contributed by atoms with E-state index in [1.54, 1.807) is 6.08 Å². The summed E-state index contributed by atoms with van der Waals surface area (Å²) in [5.41, 5.74) is 0. The molecule has 370 valence electrons. The molecule has 1 saturated heterocycles. The van der Waals surface area contributed by atoms with E-state index in [0.717, 1.165) is 44.9 Å². The van der Waals surface area contributed by atoms with Crippen LogP contribution in [0.5, 0.6) is 0 Å². The topological polar surface area (TPSA) is 212 Å². The third-order valence-electron chi connectivity index (χ3n) is 11.8. The minimum absolute atomic E-state index is 0.236. The van der Waals surface area contributed by atoms with Crippen molar-refractivity contribution >= 4 is 16.3 Å². The molecule has 0 aromatic carbocycles. The highest BCUT2D eigenvalue weighted by molar-refractivity contribution is 7.80. The van der Waals surface area contributed by atoms with Crippen LogP contribution in [0.25, 0.3) is 0 Å². The van der Waals surface area contributed by atoms with Crippen LogP contribution < -0.4 is 5.32 Å². The average molecular weight is 918 g/mol. The molecule has 63 heavy (non-hydrogen) atoms. The summed E-state index contributed by atoms with van der Waals surface area (Å²) in [4.78, 5) is 13.1. The molecule has 0 aromatic rings. The zero-order chi connectivity index (χ0) is 46.4. The summed E-state index contributed by atoms with van der Waals surface area (Å²) in [7, 11) is -5.12. The lowest BCUT2D eigenvalue weighted by atomic mass is 9.99. The number of amides is 1. The first kappa shape index (κ1) is 59.3. The van der Waals surface area contributed by atoms with Gasteiger partial charge in [-0.1, -0.05) is 198 Å². The lowest BCUT2D eigenvalue weighted by Crippen LogP contribution is -2.61. The Morgan fingerprint density at radius 3 is 1.52 bits per heavy atom. The maximum absolute atomic E-state index is 13.1. The van der Waals surface area contributed by atoms with Crippen LogP contribution in [0.1, 0.15) is 206 Å². The van der Waals surface area contributed by atoms with Gasteiger partial charge in [-0.3, -0.25) is 9.35 Å². The van der Waals surface area contributed by atoms with Crippen molar-refractivity contribution in [2.24, 2.45) is 0 Å². The van der Waals surface area contributed by atoms with Crippen LogP contribution in [0.4, 0.5) is 0 Å². The second-order valence-corrected chi connectivity index (χ2v) is 18.6. The summed E-state index contributed by atoms with van der Waals surface area (Å²) in [5.74, 6) is -0.715. The molecule has 0 bridgehead atoms. The summed E-state index contributed by atoms with van der Waals surface area (Å²) >= 11 is 0. The van der Waals surface area contributed by atoms with Crippen molar-refractivity contribution in [3.8, 4) is 0 Å². The van der Waals surface area contributed by atoms with Gasteiger partial charge in [0.15, 0.2) is 6.29 Å². The third kappa shape index (κ3) is 31.8. The Morgan fingerprint density at radius 2 is 1.06 bits per heavy atom. The van der Waals surface area contributed by atoms with Crippen molar-refractivity contribution < 1.29 is 57.0 Å². The number of carbonyl (C=O) groups is 1. The van der Waals surface area contributed by atoms with Gasteiger partial charge in [-0.05, 0) is 44.9 Å². The Labute approximate surface area is 382 Å². The number of unbranched alkanes of at least 4 members (excludes halogenated alkanes) is 25. The highest BCUT2D eigenvalue weighted by Gasteiger charge is 2.48. The van der Waals surface area contributed by atoms with Crippen molar-refractivity contribution in [2.75, 3.05) is 13.2 Å². The van der Waals surface area contributed by atoms with Crippen LogP contribution in [0.3, 0.4) is 0 Å². The maximum atomic E-state index is 13.1. The number of carbonyl (C=O) groups excluding carboxylic acids is 1. The molecule has 7 N–H and O–H groups in total. The van der Waals surface area contributed by atoms with E-state index < -0.39 is 78.5 Å². The molecule has 0 saturated carbocycles. The lowest BCUT2D eigenvalue weighted by molar-refractivity contribution is -0.298. The Hall–Kier alpha value is -1.72. The lowest BCUT2D eigenvalue weighted by Gasteiger charge is -2.41. The molecule has 0 spiro atoms. The van der Waals surface area contributed by atoms with E-state index in [-0.39, 0.29) is 6.42 Å². The van der Waals surface area contributed by atoms with Crippen LogP contribution in [0.2, 0.25) is 0 Å². The van der Waals surface area contributed by atoms with Gasteiger partial charge in [-0.15, -0.1) is 0 Å². The van der Waals surface area contributed by atoms with Gasteiger partial charge in [0.05, 0.1) is 25.4 Å². The summed E-state index contributed by atoms with van der Waals surface area (Å²) in [6, 6.07) is -1.14. The molecule has 8 atom stereocenters. The molecule has 1 aliphatic heterocycles. The number of nitrogens with one attached hydrogen (secondary N) is 1. The van der Waals surface area contributed by atoms with E-state index in [1.807, 2.05) is 0 Å². The molecule has 1 aliphatic rings. The molecule has 8 unspecified atom stereocenters. The van der Waals surface area contributed by atoms with Gasteiger partial charge in [0.1, 0.15) is 30.5 Å². The van der Waals surface area contributed by atoms with Gasteiger partial charge in [0, 0.05) is 0 Å². The van der Waals surface area contributed by atoms with E-state index in [1.165, 1.54) is 134 Å². The normalized spacial score (nSPS) is 21.2. The molecule has 1 rings (SSSR count). The second kappa shape index (κ2) is 39.4. The van der Waals surface area contributed by atoms with Gasteiger partial charge in [-0.2, -0.15) is 8.42 Å².